The predicted molar refractivity (Wildman–Crippen MR) is 127 cm³/mol. The fourth-order valence-corrected chi connectivity index (χ4v) is 5.06. The first-order valence-corrected chi connectivity index (χ1v) is 11.3. The van der Waals surface area contributed by atoms with Crippen LogP contribution in [0.3, 0.4) is 0 Å². The van der Waals surface area contributed by atoms with E-state index in [-0.39, 0.29) is 0 Å². The standard InChI is InChI=1S/C25H25BrN4/c26-23-15-30-25-24(23)21(9-12-29-25)19-5-6-20(18-7-10-28-11-8-18)22(13-19)17-3-1-16(14-27)2-4-17/h1-6,9,12-13,15,18,28H,7-8,10-11,14,27H2,(H,29,30). The third kappa shape index (κ3) is 3.58. The first kappa shape index (κ1) is 19.5. The minimum absolute atomic E-state index is 0.567. The number of aromatic nitrogens is 2. The van der Waals surface area contributed by atoms with Gasteiger partial charge in [0.1, 0.15) is 5.65 Å². The van der Waals surface area contributed by atoms with Gasteiger partial charge in [-0.05, 0) is 93.3 Å². The summed E-state index contributed by atoms with van der Waals surface area (Å²) < 4.78 is 1.04. The Morgan fingerprint density at radius 3 is 2.50 bits per heavy atom. The van der Waals surface area contributed by atoms with E-state index in [1.165, 1.54) is 40.7 Å². The molecule has 4 nitrogen and oxygen atoms in total. The van der Waals surface area contributed by atoms with Gasteiger partial charge in [-0.25, -0.2) is 4.98 Å². The van der Waals surface area contributed by atoms with E-state index in [9.17, 15) is 0 Å². The lowest BCUT2D eigenvalue weighted by atomic mass is 9.83. The molecule has 1 fully saturated rings. The van der Waals surface area contributed by atoms with Crippen molar-refractivity contribution in [2.75, 3.05) is 13.1 Å². The van der Waals surface area contributed by atoms with Gasteiger partial charge in [0.15, 0.2) is 0 Å². The Labute approximate surface area is 185 Å². The van der Waals surface area contributed by atoms with E-state index in [4.69, 9.17) is 5.73 Å². The van der Waals surface area contributed by atoms with Crippen LogP contribution >= 0.6 is 15.9 Å². The predicted octanol–water partition coefficient (Wildman–Crippen LogP) is 5.59. The van der Waals surface area contributed by atoms with E-state index in [2.05, 4.69) is 79.7 Å². The molecular formula is C25H25BrN4. The van der Waals surface area contributed by atoms with Crippen LogP contribution in [0.2, 0.25) is 0 Å². The highest BCUT2D eigenvalue weighted by Crippen LogP contribution is 2.39. The van der Waals surface area contributed by atoms with Crippen LogP contribution in [-0.4, -0.2) is 23.1 Å². The molecule has 3 heterocycles. The summed E-state index contributed by atoms with van der Waals surface area (Å²) in [7, 11) is 0. The van der Waals surface area contributed by atoms with E-state index in [1.54, 1.807) is 0 Å². The van der Waals surface area contributed by atoms with Crippen molar-refractivity contribution < 1.29 is 0 Å². The second kappa shape index (κ2) is 8.34. The molecular weight excluding hydrogens is 436 g/mol. The number of pyridine rings is 1. The number of hydrogen-bond donors (Lipinski definition) is 3. The third-order valence-corrected chi connectivity index (χ3v) is 6.79. The molecule has 5 heteroatoms. The molecule has 152 valence electrons. The van der Waals surface area contributed by atoms with Gasteiger partial charge in [0, 0.05) is 28.8 Å². The molecule has 0 radical (unpaired) electrons. The summed E-state index contributed by atoms with van der Waals surface area (Å²) in [5.74, 6) is 0.584. The van der Waals surface area contributed by atoms with Crippen molar-refractivity contribution >= 4 is 27.0 Å². The van der Waals surface area contributed by atoms with Gasteiger partial charge in [0.05, 0.1) is 0 Å². The quantitative estimate of drug-likeness (QED) is 0.372. The topological polar surface area (TPSA) is 66.7 Å². The summed E-state index contributed by atoms with van der Waals surface area (Å²) in [4.78, 5) is 7.72. The second-order valence-corrected chi connectivity index (χ2v) is 8.80. The minimum Gasteiger partial charge on any atom is -0.345 e. The summed E-state index contributed by atoms with van der Waals surface area (Å²) in [6.07, 6.45) is 6.18. The van der Waals surface area contributed by atoms with E-state index in [0.29, 0.717) is 12.5 Å². The number of nitrogens with one attached hydrogen (secondary N) is 2. The van der Waals surface area contributed by atoms with Gasteiger partial charge in [-0.15, -0.1) is 0 Å². The molecule has 4 aromatic rings. The Balaban J connectivity index is 1.67. The molecule has 4 N–H and O–H groups in total. The van der Waals surface area contributed by atoms with Crippen molar-refractivity contribution in [3.63, 3.8) is 0 Å². The van der Waals surface area contributed by atoms with Crippen molar-refractivity contribution in [2.45, 2.75) is 25.3 Å². The van der Waals surface area contributed by atoms with Crippen molar-refractivity contribution in [3.05, 3.63) is 76.5 Å². The molecule has 5 rings (SSSR count). The average molecular weight is 461 g/mol. The summed E-state index contributed by atoms with van der Waals surface area (Å²) >= 11 is 3.68. The van der Waals surface area contributed by atoms with Crippen molar-refractivity contribution in [2.24, 2.45) is 5.73 Å². The fraction of sp³-hybridized carbons (Fsp3) is 0.240. The summed E-state index contributed by atoms with van der Waals surface area (Å²) in [5, 5.41) is 4.61. The highest BCUT2D eigenvalue weighted by molar-refractivity contribution is 9.10. The van der Waals surface area contributed by atoms with E-state index >= 15 is 0 Å². The van der Waals surface area contributed by atoms with E-state index in [0.717, 1.165) is 34.2 Å². The maximum atomic E-state index is 5.82. The highest BCUT2D eigenvalue weighted by Gasteiger charge is 2.20. The molecule has 0 saturated carbocycles. The maximum absolute atomic E-state index is 5.82. The third-order valence-electron chi connectivity index (χ3n) is 6.17. The Morgan fingerprint density at radius 2 is 1.73 bits per heavy atom. The molecule has 1 aliphatic rings. The smallest absolute Gasteiger partial charge is 0.139 e. The zero-order valence-corrected chi connectivity index (χ0v) is 18.4. The van der Waals surface area contributed by atoms with Crippen LogP contribution in [0, 0.1) is 0 Å². The van der Waals surface area contributed by atoms with Gasteiger partial charge in [0.25, 0.3) is 0 Å². The lowest BCUT2D eigenvalue weighted by Crippen LogP contribution is -2.26. The van der Waals surface area contributed by atoms with Crippen LogP contribution in [0.15, 0.2) is 65.4 Å². The molecule has 0 amide bonds. The first-order chi connectivity index (χ1) is 14.7. The zero-order valence-electron chi connectivity index (χ0n) is 16.8. The van der Waals surface area contributed by atoms with Gasteiger partial charge < -0.3 is 16.0 Å². The number of hydrogen-bond acceptors (Lipinski definition) is 3. The number of aromatic amines is 1. The number of piperidine rings is 1. The largest absolute Gasteiger partial charge is 0.345 e. The number of nitrogens with zero attached hydrogens (tertiary/aromatic N) is 1. The molecule has 2 aromatic heterocycles. The number of halogens is 1. The molecule has 0 atom stereocenters. The normalized spacial score (nSPS) is 15.0. The van der Waals surface area contributed by atoms with Crippen molar-refractivity contribution in [1.82, 2.24) is 15.3 Å². The first-order valence-electron chi connectivity index (χ1n) is 10.5. The van der Waals surface area contributed by atoms with Crippen LogP contribution in [0.1, 0.15) is 29.9 Å². The number of H-pyrrole nitrogens is 1. The van der Waals surface area contributed by atoms with Crippen molar-refractivity contribution in [1.29, 1.82) is 0 Å². The van der Waals surface area contributed by atoms with Crippen molar-refractivity contribution in [3.8, 4) is 22.3 Å². The van der Waals surface area contributed by atoms with Crippen LogP contribution in [0.25, 0.3) is 33.3 Å². The molecule has 0 spiro atoms. The number of rotatable bonds is 4. The molecule has 1 aliphatic heterocycles. The maximum Gasteiger partial charge on any atom is 0.139 e. The van der Waals surface area contributed by atoms with Gasteiger partial charge in [-0.1, -0.05) is 36.4 Å². The van der Waals surface area contributed by atoms with Gasteiger partial charge >= 0.3 is 0 Å². The lowest BCUT2D eigenvalue weighted by Gasteiger charge is -2.26. The molecule has 0 bridgehead atoms. The van der Waals surface area contributed by atoms with Crippen LogP contribution < -0.4 is 11.1 Å². The molecule has 0 aliphatic carbocycles. The van der Waals surface area contributed by atoms with Gasteiger partial charge in [-0.2, -0.15) is 0 Å². The van der Waals surface area contributed by atoms with E-state index < -0.39 is 0 Å². The number of fused-ring (bicyclic) bond motifs is 1. The number of benzene rings is 2. The SMILES string of the molecule is NCc1ccc(-c2cc(-c3ccnc4[nH]cc(Br)c34)ccc2C2CCNCC2)cc1. The van der Waals surface area contributed by atoms with Crippen LogP contribution in [0.5, 0.6) is 0 Å². The minimum atomic E-state index is 0.567. The van der Waals surface area contributed by atoms with E-state index in [1.807, 2.05) is 12.4 Å². The fourth-order valence-electron chi connectivity index (χ4n) is 4.54. The Kier molecular flexibility index (Phi) is 5.42. The molecule has 0 unspecified atom stereocenters. The van der Waals surface area contributed by atoms with Crippen LogP contribution in [-0.2, 0) is 6.54 Å². The van der Waals surface area contributed by atoms with Crippen LogP contribution in [0.4, 0.5) is 0 Å². The Morgan fingerprint density at radius 1 is 0.967 bits per heavy atom. The zero-order chi connectivity index (χ0) is 20.5. The molecule has 30 heavy (non-hydrogen) atoms. The Bertz CT molecular complexity index is 1170. The molecule has 1 saturated heterocycles. The number of nitrogens with two attached hydrogens (primary N) is 1. The summed E-state index contributed by atoms with van der Waals surface area (Å²) in [6, 6.07) is 17.8. The Hall–Kier alpha value is -2.47. The average Bonchev–Trinajstić information content (AvgIpc) is 3.20. The monoisotopic (exact) mass is 460 g/mol. The molecule has 2 aromatic carbocycles. The summed E-state index contributed by atoms with van der Waals surface area (Å²) in [5.41, 5.74) is 14.3. The second-order valence-electron chi connectivity index (χ2n) is 7.95. The van der Waals surface area contributed by atoms with Gasteiger partial charge in [0.2, 0.25) is 0 Å². The summed E-state index contributed by atoms with van der Waals surface area (Å²) in [6.45, 7) is 2.73. The van der Waals surface area contributed by atoms with Gasteiger partial charge in [-0.3, -0.25) is 0 Å². The highest BCUT2D eigenvalue weighted by atomic mass is 79.9. The lowest BCUT2D eigenvalue weighted by molar-refractivity contribution is 0.461.